The van der Waals surface area contributed by atoms with E-state index in [2.05, 4.69) is 4.74 Å². The number of ether oxygens (including phenoxy) is 2. The van der Waals surface area contributed by atoms with Crippen molar-refractivity contribution in [2.24, 2.45) is 5.73 Å². The molecule has 6 heteroatoms. The van der Waals surface area contributed by atoms with Gasteiger partial charge in [-0.1, -0.05) is 0 Å². The monoisotopic (exact) mass is 229 g/mol. The van der Waals surface area contributed by atoms with Crippen LogP contribution in [-0.2, 0) is 9.47 Å². The third kappa shape index (κ3) is 11.6. The summed E-state index contributed by atoms with van der Waals surface area (Å²) in [7, 11) is 1.58. The Balaban J connectivity index is 3.23. The zero-order valence-corrected chi connectivity index (χ0v) is 8.85. The fraction of sp³-hybridized carbons (Fsp3) is 1.00. The van der Waals surface area contributed by atoms with E-state index in [0.29, 0.717) is 19.4 Å². The predicted molar refractivity (Wildman–Crippen MR) is 50.6 cm³/mol. The third-order valence-corrected chi connectivity index (χ3v) is 1.82. The van der Waals surface area contributed by atoms with Crippen molar-refractivity contribution in [2.45, 2.75) is 31.5 Å². The first-order valence-corrected chi connectivity index (χ1v) is 4.84. The molecule has 0 aliphatic heterocycles. The van der Waals surface area contributed by atoms with Crippen molar-refractivity contribution in [3.05, 3.63) is 0 Å². The first-order valence-electron chi connectivity index (χ1n) is 4.84. The van der Waals surface area contributed by atoms with Gasteiger partial charge in [0, 0.05) is 26.4 Å². The van der Waals surface area contributed by atoms with Gasteiger partial charge in [-0.25, -0.2) is 0 Å². The summed E-state index contributed by atoms with van der Waals surface area (Å²) in [4.78, 5) is 0. The number of rotatable bonds is 8. The Labute approximate surface area is 87.7 Å². The molecule has 0 aromatic rings. The van der Waals surface area contributed by atoms with Gasteiger partial charge >= 0.3 is 6.18 Å². The lowest BCUT2D eigenvalue weighted by molar-refractivity contribution is -0.174. The number of nitrogens with two attached hydrogens (primary N) is 1. The zero-order valence-electron chi connectivity index (χ0n) is 8.85. The molecular formula is C9H18F3NO2. The summed E-state index contributed by atoms with van der Waals surface area (Å²) in [6.45, 7) is -0.509. The van der Waals surface area contributed by atoms with Gasteiger partial charge in [0.15, 0.2) is 0 Å². The van der Waals surface area contributed by atoms with Crippen molar-refractivity contribution >= 4 is 0 Å². The molecule has 0 spiro atoms. The summed E-state index contributed by atoms with van der Waals surface area (Å²) in [5, 5.41) is 0. The maximum atomic E-state index is 11.6. The van der Waals surface area contributed by atoms with Gasteiger partial charge in [0.25, 0.3) is 0 Å². The van der Waals surface area contributed by atoms with Gasteiger partial charge in [-0.2, -0.15) is 13.2 Å². The second kappa shape index (κ2) is 7.90. The molecule has 0 heterocycles. The highest BCUT2D eigenvalue weighted by molar-refractivity contribution is 4.60. The summed E-state index contributed by atoms with van der Waals surface area (Å²) < 4.78 is 44.2. The minimum absolute atomic E-state index is 0.0283. The molecule has 0 aromatic carbocycles. The number of methoxy groups -OCH3 is 1. The Hall–Kier alpha value is -0.330. The molecule has 0 aliphatic rings. The zero-order chi connectivity index (χ0) is 11.7. The van der Waals surface area contributed by atoms with Crippen LogP contribution in [0.25, 0.3) is 0 Å². The molecule has 92 valence electrons. The van der Waals surface area contributed by atoms with Crippen molar-refractivity contribution in [2.75, 3.05) is 26.9 Å². The van der Waals surface area contributed by atoms with Crippen LogP contribution in [0.15, 0.2) is 0 Å². The van der Waals surface area contributed by atoms with Gasteiger partial charge < -0.3 is 15.2 Å². The average molecular weight is 229 g/mol. The van der Waals surface area contributed by atoms with Crippen LogP contribution in [0, 0.1) is 0 Å². The van der Waals surface area contributed by atoms with Crippen LogP contribution in [0.1, 0.15) is 19.3 Å². The van der Waals surface area contributed by atoms with E-state index < -0.39 is 12.8 Å². The molecule has 0 rings (SSSR count). The second-order valence-electron chi connectivity index (χ2n) is 3.35. The van der Waals surface area contributed by atoms with E-state index >= 15 is 0 Å². The lowest BCUT2D eigenvalue weighted by Gasteiger charge is -2.11. The molecule has 0 aliphatic carbocycles. The molecule has 2 N–H and O–H groups in total. The normalized spacial score (nSPS) is 14.2. The summed E-state index contributed by atoms with van der Waals surface area (Å²) in [6.07, 6.45) is -2.32. The van der Waals surface area contributed by atoms with Crippen LogP contribution in [0.4, 0.5) is 13.2 Å². The summed E-state index contributed by atoms with van der Waals surface area (Å²) >= 11 is 0. The van der Waals surface area contributed by atoms with Gasteiger partial charge in [-0.3, -0.25) is 0 Å². The number of hydrogen-bond donors (Lipinski definition) is 1. The summed E-state index contributed by atoms with van der Waals surface area (Å²) in [5.41, 5.74) is 5.67. The van der Waals surface area contributed by atoms with Gasteiger partial charge in [0.1, 0.15) is 6.61 Å². The number of hydrogen-bond acceptors (Lipinski definition) is 3. The Morgan fingerprint density at radius 2 is 1.87 bits per heavy atom. The summed E-state index contributed by atoms with van der Waals surface area (Å²) in [5.74, 6) is 0. The molecular weight excluding hydrogens is 211 g/mol. The smallest absolute Gasteiger partial charge is 0.385 e. The van der Waals surface area contributed by atoms with Crippen molar-refractivity contribution in [1.29, 1.82) is 0 Å². The van der Waals surface area contributed by atoms with Crippen molar-refractivity contribution in [3.8, 4) is 0 Å². The minimum Gasteiger partial charge on any atom is -0.385 e. The largest absolute Gasteiger partial charge is 0.411 e. The van der Waals surface area contributed by atoms with Gasteiger partial charge in [0.2, 0.25) is 0 Å². The topological polar surface area (TPSA) is 44.5 Å². The molecule has 0 aromatic heterocycles. The molecule has 0 amide bonds. The van der Waals surface area contributed by atoms with Crippen LogP contribution in [-0.4, -0.2) is 39.1 Å². The Morgan fingerprint density at radius 3 is 2.40 bits per heavy atom. The highest BCUT2D eigenvalue weighted by Crippen LogP contribution is 2.14. The average Bonchev–Trinajstić information content (AvgIpc) is 2.12. The van der Waals surface area contributed by atoms with E-state index in [-0.39, 0.29) is 12.6 Å². The minimum atomic E-state index is -4.24. The molecule has 1 unspecified atom stereocenters. The maximum Gasteiger partial charge on any atom is 0.411 e. The van der Waals surface area contributed by atoms with Gasteiger partial charge in [-0.15, -0.1) is 0 Å². The quantitative estimate of drug-likeness (QED) is 0.644. The number of halogens is 3. The van der Waals surface area contributed by atoms with Crippen molar-refractivity contribution in [1.82, 2.24) is 0 Å². The van der Waals surface area contributed by atoms with Crippen LogP contribution in [0.2, 0.25) is 0 Å². The Morgan fingerprint density at radius 1 is 1.20 bits per heavy atom. The van der Waals surface area contributed by atoms with E-state index in [0.717, 1.165) is 6.42 Å². The third-order valence-electron chi connectivity index (χ3n) is 1.82. The van der Waals surface area contributed by atoms with E-state index in [4.69, 9.17) is 10.5 Å². The van der Waals surface area contributed by atoms with E-state index in [1.807, 2.05) is 0 Å². The fourth-order valence-electron chi connectivity index (χ4n) is 1.05. The van der Waals surface area contributed by atoms with Crippen LogP contribution < -0.4 is 5.73 Å². The Bertz CT molecular complexity index is 153. The molecule has 0 saturated heterocycles. The fourth-order valence-corrected chi connectivity index (χ4v) is 1.05. The highest BCUT2D eigenvalue weighted by Gasteiger charge is 2.27. The molecule has 0 saturated carbocycles. The first kappa shape index (κ1) is 14.7. The van der Waals surface area contributed by atoms with Gasteiger partial charge in [0.05, 0.1) is 0 Å². The molecule has 15 heavy (non-hydrogen) atoms. The van der Waals surface area contributed by atoms with E-state index in [1.165, 1.54) is 0 Å². The molecule has 0 fully saturated rings. The standard InChI is InChI=1S/C9H18F3NO2/c1-14-6-4-8(13)3-2-5-15-7-9(10,11)12/h8H,2-7,13H2,1H3. The maximum absolute atomic E-state index is 11.6. The molecule has 0 bridgehead atoms. The SMILES string of the molecule is COCCC(N)CCCOCC(F)(F)F. The second-order valence-corrected chi connectivity index (χ2v) is 3.35. The van der Waals surface area contributed by atoms with Crippen molar-refractivity contribution in [3.63, 3.8) is 0 Å². The number of alkyl halides is 3. The van der Waals surface area contributed by atoms with Crippen LogP contribution in [0.3, 0.4) is 0 Å². The highest BCUT2D eigenvalue weighted by atomic mass is 19.4. The first-order chi connectivity index (χ1) is 6.95. The lowest BCUT2D eigenvalue weighted by Crippen LogP contribution is -2.23. The van der Waals surface area contributed by atoms with Crippen LogP contribution >= 0.6 is 0 Å². The molecule has 1 atom stereocenters. The van der Waals surface area contributed by atoms with E-state index in [1.54, 1.807) is 7.11 Å². The summed E-state index contributed by atoms with van der Waals surface area (Å²) in [6, 6.07) is -0.0283. The van der Waals surface area contributed by atoms with Crippen molar-refractivity contribution < 1.29 is 22.6 Å². The predicted octanol–water partition coefficient (Wildman–Crippen LogP) is 1.71. The molecule has 3 nitrogen and oxygen atoms in total. The van der Waals surface area contributed by atoms with Gasteiger partial charge in [-0.05, 0) is 19.3 Å². The Kier molecular flexibility index (Phi) is 7.72. The molecule has 0 radical (unpaired) electrons. The van der Waals surface area contributed by atoms with E-state index in [9.17, 15) is 13.2 Å². The lowest BCUT2D eigenvalue weighted by atomic mass is 10.1. The van der Waals surface area contributed by atoms with Crippen LogP contribution in [0.5, 0.6) is 0 Å².